The third-order valence-corrected chi connectivity index (χ3v) is 5.95. The maximum Gasteiger partial charge on any atom is 0.325 e. The second-order valence-electron chi connectivity index (χ2n) is 7.74. The molecule has 2 N–H and O–H groups in total. The second kappa shape index (κ2) is 8.30. The lowest BCUT2D eigenvalue weighted by Crippen LogP contribution is -2.50. The van der Waals surface area contributed by atoms with Gasteiger partial charge < -0.3 is 15.2 Å². The summed E-state index contributed by atoms with van der Waals surface area (Å²) in [5, 5.41) is 13.2. The van der Waals surface area contributed by atoms with Gasteiger partial charge in [-0.2, -0.15) is 0 Å². The van der Waals surface area contributed by atoms with Crippen LogP contribution in [-0.4, -0.2) is 46.7 Å². The zero-order valence-corrected chi connectivity index (χ0v) is 16.2. The van der Waals surface area contributed by atoms with Gasteiger partial charge >= 0.3 is 6.03 Å². The Bertz CT molecular complexity index is 665. The smallest absolute Gasteiger partial charge is 0.325 e. The number of aliphatic hydroxyl groups excluding tert-OH is 1. The van der Waals surface area contributed by atoms with E-state index < -0.39 is 17.7 Å². The van der Waals surface area contributed by atoms with Gasteiger partial charge in [-0.05, 0) is 55.7 Å². The molecular formula is C21H30N2O4. The Morgan fingerprint density at radius 2 is 1.89 bits per heavy atom. The van der Waals surface area contributed by atoms with E-state index in [0.29, 0.717) is 24.5 Å². The average molecular weight is 374 g/mol. The van der Waals surface area contributed by atoms with Gasteiger partial charge in [-0.1, -0.05) is 32.4 Å². The van der Waals surface area contributed by atoms with E-state index in [9.17, 15) is 14.7 Å². The van der Waals surface area contributed by atoms with Gasteiger partial charge in [-0.25, -0.2) is 4.79 Å². The maximum absolute atomic E-state index is 12.9. The Kier molecular flexibility index (Phi) is 6.05. The number of carbonyl (C=O) groups is 2. The summed E-state index contributed by atoms with van der Waals surface area (Å²) < 4.78 is 5.59. The number of urea groups is 1. The monoisotopic (exact) mass is 374 g/mol. The Labute approximate surface area is 160 Å². The van der Waals surface area contributed by atoms with Crippen LogP contribution in [0.3, 0.4) is 0 Å². The molecule has 1 aliphatic heterocycles. The van der Waals surface area contributed by atoms with E-state index in [4.69, 9.17) is 4.74 Å². The van der Waals surface area contributed by atoms with E-state index in [1.165, 1.54) is 5.56 Å². The standard InChI is InChI=1S/C21H30N2O4/c1-3-15-5-7-18(8-6-15)27-14-17(24)13-23-19(25)21(22-20(23)26)11-9-16(4-2)10-12-21/h5-8,16-17,24H,3-4,9-14H2,1-2H3,(H,22,26). The third kappa shape index (κ3) is 4.26. The van der Waals surface area contributed by atoms with Crippen LogP contribution in [0, 0.1) is 5.92 Å². The topological polar surface area (TPSA) is 78.9 Å². The fourth-order valence-electron chi connectivity index (χ4n) is 4.04. The highest BCUT2D eigenvalue weighted by Gasteiger charge is 2.52. The molecular weight excluding hydrogens is 344 g/mol. The minimum Gasteiger partial charge on any atom is -0.491 e. The molecule has 0 radical (unpaired) electrons. The van der Waals surface area contributed by atoms with Crippen LogP contribution in [-0.2, 0) is 11.2 Å². The van der Waals surface area contributed by atoms with Crippen molar-refractivity contribution in [3.63, 3.8) is 0 Å². The number of hydrogen-bond acceptors (Lipinski definition) is 4. The molecule has 1 heterocycles. The van der Waals surface area contributed by atoms with Gasteiger partial charge in [0, 0.05) is 0 Å². The van der Waals surface area contributed by atoms with E-state index in [0.717, 1.165) is 30.6 Å². The van der Waals surface area contributed by atoms with Crippen molar-refractivity contribution in [1.29, 1.82) is 0 Å². The number of hydrogen-bond donors (Lipinski definition) is 2. The molecule has 0 bridgehead atoms. The van der Waals surface area contributed by atoms with Crippen LogP contribution < -0.4 is 10.1 Å². The SMILES string of the molecule is CCc1ccc(OCC(O)CN2C(=O)NC3(CCC(CC)CC3)C2=O)cc1. The van der Waals surface area contributed by atoms with Crippen molar-refractivity contribution in [2.45, 2.75) is 64.0 Å². The third-order valence-electron chi connectivity index (χ3n) is 5.95. The van der Waals surface area contributed by atoms with E-state index in [-0.39, 0.29) is 19.1 Å². The summed E-state index contributed by atoms with van der Waals surface area (Å²) in [4.78, 5) is 26.3. The van der Waals surface area contributed by atoms with Crippen molar-refractivity contribution < 1.29 is 19.4 Å². The molecule has 3 rings (SSSR count). The summed E-state index contributed by atoms with van der Waals surface area (Å²) >= 11 is 0. The van der Waals surface area contributed by atoms with Crippen LogP contribution in [0.4, 0.5) is 4.79 Å². The molecule has 6 heteroatoms. The van der Waals surface area contributed by atoms with Crippen LogP contribution in [0.25, 0.3) is 0 Å². The van der Waals surface area contributed by atoms with Gasteiger partial charge in [-0.3, -0.25) is 9.69 Å². The first-order valence-corrected chi connectivity index (χ1v) is 10.0. The van der Waals surface area contributed by atoms with Crippen molar-refractivity contribution in [3.05, 3.63) is 29.8 Å². The van der Waals surface area contributed by atoms with Gasteiger partial charge in [0.2, 0.25) is 0 Å². The highest BCUT2D eigenvalue weighted by atomic mass is 16.5. The Hall–Kier alpha value is -2.08. The summed E-state index contributed by atoms with van der Waals surface area (Å²) in [7, 11) is 0. The molecule has 1 saturated carbocycles. The number of amides is 3. The lowest BCUT2D eigenvalue weighted by atomic mass is 9.75. The van der Waals surface area contributed by atoms with Gasteiger partial charge in [-0.15, -0.1) is 0 Å². The Morgan fingerprint density at radius 3 is 2.48 bits per heavy atom. The molecule has 6 nitrogen and oxygen atoms in total. The first kappa shape index (κ1) is 19.7. The first-order valence-electron chi connectivity index (χ1n) is 10.0. The number of imide groups is 1. The van der Waals surface area contributed by atoms with Crippen LogP contribution in [0.5, 0.6) is 5.75 Å². The molecule has 148 valence electrons. The lowest BCUT2D eigenvalue weighted by molar-refractivity contribution is -0.133. The lowest BCUT2D eigenvalue weighted by Gasteiger charge is -2.34. The molecule has 1 saturated heterocycles. The predicted octanol–water partition coefficient (Wildman–Crippen LogP) is 2.88. The van der Waals surface area contributed by atoms with Gasteiger partial charge in [0.1, 0.15) is 24.0 Å². The molecule has 2 fully saturated rings. The predicted molar refractivity (Wildman–Crippen MR) is 103 cm³/mol. The van der Waals surface area contributed by atoms with Gasteiger partial charge in [0.15, 0.2) is 0 Å². The molecule has 1 atom stereocenters. The van der Waals surface area contributed by atoms with Crippen molar-refractivity contribution in [1.82, 2.24) is 10.2 Å². The van der Waals surface area contributed by atoms with E-state index in [1.54, 1.807) is 0 Å². The number of β-amino-alcohol motifs (C(OH)–C–C–N with tert-alkyl or cyclic N) is 1. The van der Waals surface area contributed by atoms with Crippen LogP contribution in [0.15, 0.2) is 24.3 Å². The number of nitrogens with one attached hydrogen (secondary N) is 1. The summed E-state index contributed by atoms with van der Waals surface area (Å²) in [5.74, 6) is 1.10. The molecule has 1 spiro atoms. The van der Waals surface area contributed by atoms with Crippen molar-refractivity contribution in [3.8, 4) is 5.75 Å². The number of benzene rings is 1. The Balaban J connectivity index is 1.53. The van der Waals surface area contributed by atoms with Crippen LogP contribution in [0.1, 0.15) is 51.5 Å². The van der Waals surface area contributed by atoms with Gasteiger partial charge in [0.25, 0.3) is 5.91 Å². The number of aryl methyl sites for hydroxylation is 1. The molecule has 1 aromatic carbocycles. The highest BCUT2D eigenvalue weighted by Crippen LogP contribution is 2.37. The van der Waals surface area contributed by atoms with E-state index >= 15 is 0 Å². The first-order chi connectivity index (χ1) is 13.0. The fourth-order valence-corrected chi connectivity index (χ4v) is 4.04. The highest BCUT2D eigenvalue weighted by molar-refractivity contribution is 6.07. The largest absolute Gasteiger partial charge is 0.491 e. The quantitative estimate of drug-likeness (QED) is 0.720. The van der Waals surface area contributed by atoms with Gasteiger partial charge in [0.05, 0.1) is 6.54 Å². The molecule has 27 heavy (non-hydrogen) atoms. The number of nitrogens with zero attached hydrogens (tertiary/aromatic N) is 1. The van der Waals surface area contributed by atoms with Crippen molar-refractivity contribution in [2.24, 2.45) is 5.92 Å². The maximum atomic E-state index is 12.9. The minimum atomic E-state index is -0.923. The zero-order chi connectivity index (χ0) is 19.4. The van der Waals surface area contributed by atoms with Crippen LogP contribution in [0.2, 0.25) is 0 Å². The number of aliphatic hydroxyl groups is 1. The summed E-state index contributed by atoms with van der Waals surface area (Å²) in [6, 6.07) is 7.28. The normalized spacial score (nSPS) is 26.3. The summed E-state index contributed by atoms with van der Waals surface area (Å²) in [5.41, 5.74) is 0.449. The Morgan fingerprint density at radius 1 is 1.22 bits per heavy atom. The van der Waals surface area contributed by atoms with E-state index in [1.807, 2.05) is 24.3 Å². The van der Waals surface area contributed by atoms with E-state index in [2.05, 4.69) is 19.2 Å². The summed E-state index contributed by atoms with van der Waals surface area (Å²) in [6.45, 7) is 4.24. The summed E-state index contributed by atoms with van der Waals surface area (Å²) in [6.07, 6.45) is 4.41. The fraction of sp³-hybridized carbons (Fsp3) is 0.619. The minimum absolute atomic E-state index is 0.0352. The number of rotatable bonds is 7. The van der Waals surface area contributed by atoms with Crippen molar-refractivity contribution in [2.75, 3.05) is 13.2 Å². The molecule has 1 unspecified atom stereocenters. The number of ether oxygens (including phenoxy) is 1. The zero-order valence-electron chi connectivity index (χ0n) is 16.2. The average Bonchev–Trinajstić information content (AvgIpc) is 2.91. The van der Waals surface area contributed by atoms with Crippen LogP contribution >= 0.6 is 0 Å². The molecule has 2 aliphatic rings. The molecule has 0 aromatic heterocycles. The number of carbonyl (C=O) groups excluding carboxylic acids is 2. The van der Waals surface area contributed by atoms with Crippen molar-refractivity contribution >= 4 is 11.9 Å². The molecule has 1 aliphatic carbocycles. The molecule has 3 amide bonds. The second-order valence-corrected chi connectivity index (χ2v) is 7.74. The molecule has 1 aromatic rings.